The maximum absolute atomic E-state index is 12.7. The molecule has 1 aromatic rings. The van der Waals surface area contributed by atoms with Crippen molar-refractivity contribution in [3.63, 3.8) is 0 Å². The number of carbonyl (C=O) groups excluding carboxylic acids is 2. The predicted molar refractivity (Wildman–Crippen MR) is 92.8 cm³/mol. The van der Waals surface area contributed by atoms with Crippen LogP contribution in [0.3, 0.4) is 0 Å². The number of hydrogen-bond donors (Lipinski definition) is 1. The lowest BCUT2D eigenvalue weighted by molar-refractivity contribution is -0.917. The van der Waals surface area contributed by atoms with Crippen molar-refractivity contribution >= 4 is 23.5 Å². The zero-order valence-electron chi connectivity index (χ0n) is 14.1. The van der Waals surface area contributed by atoms with E-state index in [1.165, 1.54) is 10.5 Å². The molecule has 6 heteroatoms. The summed E-state index contributed by atoms with van der Waals surface area (Å²) in [5.74, 6) is -2.33. The molecule has 0 radical (unpaired) electrons. The molecule has 1 N–H and O–H groups in total. The zero-order chi connectivity index (χ0) is 17.8. The number of quaternary nitrogens is 1. The number of carboxylic acids is 1. The molecule has 1 amide bonds. The van der Waals surface area contributed by atoms with E-state index in [0.29, 0.717) is 25.9 Å². The van der Waals surface area contributed by atoms with Gasteiger partial charge < -0.3 is 19.7 Å². The molecule has 1 fully saturated rings. The van der Waals surface area contributed by atoms with Gasteiger partial charge in [0.2, 0.25) is 5.91 Å². The summed E-state index contributed by atoms with van der Waals surface area (Å²) in [5, 5.41) is 12.0. The summed E-state index contributed by atoms with van der Waals surface area (Å²) < 4.78 is 0. The number of benzene rings is 1. The lowest BCUT2D eigenvalue weighted by atomic mass is 9.82. The van der Waals surface area contributed by atoms with Crippen LogP contribution in [0.2, 0.25) is 5.02 Å². The van der Waals surface area contributed by atoms with Gasteiger partial charge >= 0.3 is 0 Å². The monoisotopic (exact) mass is 362 g/mol. The van der Waals surface area contributed by atoms with Crippen molar-refractivity contribution in [3.05, 3.63) is 47.0 Å². The summed E-state index contributed by atoms with van der Waals surface area (Å²) in [4.78, 5) is 27.3. The summed E-state index contributed by atoms with van der Waals surface area (Å²) in [5.41, 5.74) is 1.23. The van der Waals surface area contributed by atoms with E-state index in [0.717, 1.165) is 24.7 Å². The minimum Gasteiger partial charge on any atom is -0.550 e. The fraction of sp³-hybridized carbons (Fsp3) is 0.474. The molecule has 1 saturated heterocycles. The number of hydrogen-bond acceptors (Lipinski definition) is 3. The van der Waals surface area contributed by atoms with Crippen LogP contribution in [0, 0.1) is 11.8 Å². The SMILES string of the molecule is O=C([O-])[C@@H]1CC=CC[C@@H]1C(=O)N1CC[NH+](Cc2ccc(Cl)cc2)CC1. The van der Waals surface area contributed by atoms with E-state index in [1.807, 2.05) is 41.3 Å². The van der Waals surface area contributed by atoms with E-state index < -0.39 is 17.8 Å². The Balaban J connectivity index is 1.54. The first-order valence-electron chi connectivity index (χ1n) is 8.77. The molecule has 0 spiro atoms. The average molecular weight is 363 g/mol. The van der Waals surface area contributed by atoms with Gasteiger partial charge in [-0.05, 0) is 25.0 Å². The van der Waals surface area contributed by atoms with Crippen molar-refractivity contribution in [1.82, 2.24) is 4.90 Å². The van der Waals surface area contributed by atoms with Crippen LogP contribution in [0.5, 0.6) is 0 Å². The number of allylic oxidation sites excluding steroid dienone is 2. The molecule has 5 nitrogen and oxygen atoms in total. The Kier molecular flexibility index (Phi) is 5.76. The molecular formula is C19H23ClN2O3. The van der Waals surface area contributed by atoms with Crippen LogP contribution in [-0.4, -0.2) is 43.0 Å². The zero-order valence-corrected chi connectivity index (χ0v) is 14.9. The van der Waals surface area contributed by atoms with Crippen LogP contribution in [0.15, 0.2) is 36.4 Å². The Morgan fingerprint density at radius 1 is 1.08 bits per heavy atom. The lowest BCUT2D eigenvalue weighted by Gasteiger charge is -2.37. The van der Waals surface area contributed by atoms with E-state index in [4.69, 9.17) is 11.6 Å². The quantitative estimate of drug-likeness (QED) is 0.761. The Morgan fingerprint density at radius 3 is 2.28 bits per heavy atom. The van der Waals surface area contributed by atoms with Gasteiger partial charge in [-0.2, -0.15) is 0 Å². The number of rotatable bonds is 4. The van der Waals surface area contributed by atoms with Gasteiger partial charge in [-0.25, -0.2) is 0 Å². The normalized spacial score (nSPS) is 24.3. The molecule has 25 heavy (non-hydrogen) atoms. The third-order valence-electron chi connectivity index (χ3n) is 5.20. The number of nitrogens with zero attached hydrogens (tertiary/aromatic N) is 1. The second kappa shape index (κ2) is 8.02. The molecule has 0 bridgehead atoms. The van der Waals surface area contributed by atoms with E-state index in [-0.39, 0.29) is 5.91 Å². The molecule has 1 aliphatic heterocycles. The van der Waals surface area contributed by atoms with Crippen molar-refractivity contribution in [1.29, 1.82) is 0 Å². The van der Waals surface area contributed by atoms with Crippen LogP contribution in [0.4, 0.5) is 0 Å². The molecule has 0 aromatic heterocycles. The summed E-state index contributed by atoms with van der Waals surface area (Å²) in [6.45, 7) is 3.98. The van der Waals surface area contributed by atoms with Gasteiger partial charge in [-0.15, -0.1) is 0 Å². The van der Waals surface area contributed by atoms with E-state index in [1.54, 1.807) is 0 Å². The Hall–Kier alpha value is -1.85. The van der Waals surface area contributed by atoms with Crippen LogP contribution in [0.25, 0.3) is 0 Å². The number of amides is 1. The van der Waals surface area contributed by atoms with Gasteiger partial charge in [0.1, 0.15) is 6.54 Å². The maximum Gasteiger partial charge on any atom is 0.227 e. The van der Waals surface area contributed by atoms with Gasteiger partial charge in [-0.1, -0.05) is 35.9 Å². The van der Waals surface area contributed by atoms with Crippen molar-refractivity contribution in [3.8, 4) is 0 Å². The maximum atomic E-state index is 12.7. The summed E-state index contributed by atoms with van der Waals surface area (Å²) in [6, 6.07) is 7.86. The summed E-state index contributed by atoms with van der Waals surface area (Å²) in [7, 11) is 0. The average Bonchev–Trinajstić information content (AvgIpc) is 2.63. The minimum absolute atomic E-state index is 0.0379. The van der Waals surface area contributed by atoms with Crippen molar-refractivity contribution in [2.75, 3.05) is 26.2 Å². The molecule has 1 heterocycles. The summed E-state index contributed by atoms with van der Waals surface area (Å²) in [6.07, 6.45) is 4.62. The number of carbonyl (C=O) groups is 2. The number of nitrogens with one attached hydrogen (secondary N) is 1. The van der Waals surface area contributed by atoms with Gasteiger partial charge in [0, 0.05) is 28.4 Å². The van der Waals surface area contributed by atoms with Gasteiger partial charge in [-0.3, -0.25) is 4.79 Å². The van der Waals surface area contributed by atoms with Crippen molar-refractivity contribution in [2.45, 2.75) is 19.4 Å². The first-order chi connectivity index (χ1) is 12.0. The first kappa shape index (κ1) is 18.0. The number of carboxylic acid groups (broad SMARTS) is 1. The Morgan fingerprint density at radius 2 is 1.68 bits per heavy atom. The molecule has 2 atom stereocenters. The van der Waals surface area contributed by atoms with Crippen molar-refractivity contribution < 1.29 is 19.6 Å². The molecule has 0 saturated carbocycles. The fourth-order valence-electron chi connectivity index (χ4n) is 3.69. The van der Waals surface area contributed by atoms with Crippen LogP contribution >= 0.6 is 11.6 Å². The third kappa shape index (κ3) is 4.41. The molecule has 0 unspecified atom stereocenters. The van der Waals surface area contributed by atoms with Gasteiger partial charge in [0.15, 0.2) is 0 Å². The highest BCUT2D eigenvalue weighted by Crippen LogP contribution is 2.27. The number of aliphatic carboxylic acids is 1. The van der Waals surface area contributed by atoms with Crippen molar-refractivity contribution in [2.24, 2.45) is 11.8 Å². The highest BCUT2D eigenvalue weighted by atomic mass is 35.5. The van der Waals surface area contributed by atoms with Crippen LogP contribution in [-0.2, 0) is 16.1 Å². The highest BCUT2D eigenvalue weighted by molar-refractivity contribution is 6.30. The second-order valence-corrected chi connectivity index (χ2v) is 7.29. The minimum atomic E-state index is -1.12. The van der Waals surface area contributed by atoms with Crippen LogP contribution < -0.4 is 10.0 Å². The lowest BCUT2D eigenvalue weighted by Crippen LogP contribution is -3.13. The Bertz CT molecular complexity index is 651. The molecule has 3 rings (SSSR count). The molecule has 134 valence electrons. The Labute approximate surface area is 152 Å². The summed E-state index contributed by atoms with van der Waals surface area (Å²) >= 11 is 5.91. The van der Waals surface area contributed by atoms with E-state index in [2.05, 4.69) is 0 Å². The smallest absolute Gasteiger partial charge is 0.227 e. The highest BCUT2D eigenvalue weighted by Gasteiger charge is 2.34. The fourth-order valence-corrected chi connectivity index (χ4v) is 3.82. The van der Waals surface area contributed by atoms with E-state index >= 15 is 0 Å². The molecule has 2 aliphatic rings. The first-order valence-corrected chi connectivity index (χ1v) is 9.15. The van der Waals surface area contributed by atoms with Gasteiger partial charge in [0.05, 0.1) is 26.2 Å². The predicted octanol–water partition coefficient (Wildman–Crippen LogP) is -0.101. The number of halogens is 1. The third-order valence-corrected chi connectivity index (χ3v) is 5.45. The second-order valence-electron chi connectivity index (χ2n) is 6.85. The number of piperazine rings is 1. The standard InChI is InChI=1S/C19H23ClN2O3/c20-15-7-5-14(6-8-15)13-21-9-11-22(12-10-21)18(23)16-3-1-2-4-17(16)19(24)25/h1-2,5-8,16-17H,3-4,9-13H2,(H,24,25)/t16-,17+/m0/s1. The topological polar surface area (TPSA) is 64.9 Å². The van der Waals surface area contributed by atoms with E-state index in [9.17, 15) is 14.7 Å². The van der Waals surface area contributed by atoms with Crippen LogP contribution in [0.1, 0.15) is 18.4 Å². The van der Waals surface area contributed by atoms with Gasteiger partial charge in [0.25, 0.3) is 0 Å². The molecule has 1 aromatic carbocycles. The molecule has 1 aliphatic carbocycles. The molecular weight excluding hydrogens is 340 g/mol. The largest absolute Gasteiger partial charge is 0.550 e.